The Morgan fingerprint density at radius 1 is 1.09 bits per heavy atom. The summed E-state index contributed by atoms with van der Waals surface area (Å²) in [5.74, 6) is 0.649. The maximum atomic E-state index is 12.9. The molecule has 1 atom stereocenters. The summed E-state index contributed by atoms with van der Waals surface area (Å²) in [6, 6.07) is 15.4. The maximum absolute atomic E-state index is 12.9. The van der Waals surface area contributed by atoms with Gasteiger partial charge in [-0.05, 0) is 30.5 Å². The van der Waals surface area contributed by atoms with Crippen LogP contribution in [0, 0.1) is 0 Å². The number of aromatic amines is 1. The number of para-hydroxylation sites is 1. The highest BCUT2D eigenvalue weighted by Crippen LogP contribution is 2.32. The summed E-state index contributed by atoms with van der Waals surface area (Å²) in [5.41, 5.74) is 3.21. The zero-order valence-corrected chi connectivity index (χ0v) is 18.9. The number of aryl methyl sites for hydroxylation is 1. The van der Waals surface area contributed by atoms with E-state index in [4.69, 9.17) is 16.6 Å². The van der Waals surface area contributed by atoms with Crippen LogP contribution in [0.3, 0.4) is 0 Å². The molecule has 1 saturated heterocycles. The monoisotopic (exact) mass is 460 g/mol. The predicted octanol–water partition coefficient (Wildman–Crippen LogP) is 4.82. The molecule has 2 aromatic heterocycles. The van der Waals surface area contributed by atoms with Crippen LogP contribution >= 0.6 is 11.6 Å². The summed E-state index contributed by atoms with van der Waals surface area (Å²) < 4.78 is 2.01. The number of halogens is 1. The Hall–Kier alpha value is -3.58. The van der Waals surface area contributed by atoms with Crippen LogP contribution in [0.25, 0.3) is 10.9 Å². The molecule has 0 radical (unpaired) electrons. The van der Waals surface area contributed by atoms with Crippen LogP contribution in [0.5, 0.6) is 0 Å². The van der Waals surface area contributed by atoms with Gasteiger partial charge in [-0.1, -0.05) is 48.0 Å². The van der Waals surface area contributed by atoms with Crippen LogP contribution in [0.1, 0.15) is 23.6 Å². The second kappa shape index (κ2) is 9.50. The Kier molecular flexibility index (Phi) is 6.13. The number of aliphatic imine (C=N–C) groups is 1. The molecule has 2 N–H and O–H groups in total. The summed E-state index contributed by atoms with van der Waals surface area (Å²) >= 11 is 6.54. The van der Waals surface area contributed by atoms with Crippen molar-refractivity contribution in [3.8, 4) is 0 Å². The molecule has 0 bridgehead atoms. The van der Waals surface area contributed by atoms with Gasteiger partial charge in [0, 0.05) is 59.7 Å². The van der Waals surface area contributed by atoms with E-state index in [9.17, 15) is 4.79 Å². The van der Waals surface area contributed by atoms with Gasteiger partial charge in [0.05, 0.1) is 6.33 Å². The third kappa shape index (κ3) is 4.50. The average molecular weight is 461 g/mol. The summed E-state index contributed by atoms with van der Waals surface area (Å²) in [5, 5.41) is 4.83. The Morgan fingerprint density at radius 2 is 1.94 bits per heavy atom. The number of hydrogen-bond acceptors (Lipinski definition) is 3. The molecule has 8 heteroatoms. The Balaban J connectivity index is 1.35. The lowest BCUT2D eigenvalue weighted by atomic mass is 10.0. The van der Waals surface area contributed by atoms with Gasteiger partial charge < -0.3 is 14.5 Å². The highest BCUT2D eigenvalue weighted by Gasteiger charge is 2.38. The third-order valence-corrected chi connectivity index (χ3v) is 6.32. The molecular weight excluding hydrogens is 436 g/mol. The number of aromatic nitrogens is 3. The molecule has 4 aromatic rings. The fourth-order valence-electron chi connectivity index (χ4n) is 4.36. The van der Waals surface area contributed by atoms with E-state index in [0.717, 1.165) is 30.5 Å². The van der Waals surface area contributed by atoms with E-state index in [1.165, 1.54) is 10.9 Å². The van der Waals surface area contributed by atoms with Crippen LogP contribution in [-0.2, 0) is 13.0 Å². The van der Waals surface area contributed by atoms with Crippen molar-refractivity contribution in [2.75, 3.05) is 13.1 Å². The molecule has 1 aliphatic heterocycles. The first-order valence-corrected chi connectivity index (χ1v) is 11.5. The molecule has 33 heavy (non-hydrogen) atoms. The average Bonchev–Trinajstić information content (AvgIpc) is 3.55. The van der Waals surface area contributed by atoms with Crippen molar-refractivity contribution in [2.45, 2.75) is 25.4 Å². The standard InChI is InChI=1S/C25H25ClN6O/c26-21-8-3-1-7-20(21)23-24(28-11-10-18-16-29-22-9-4-2-6-19(18)22)30-25(33)32(23)14-5-13-31-15-12-27-17-31/h1-4,6-9,12,15-17,23,29H,5,10-11,13-14H2,(H,28,30,33). The molecule has 0 aliphatic carbocycles. The number of amides is 2. The van der Waals surface area contributed by atoms with Crippen molar-refractivity contribution >= 4 is 34.4 Å². The fourth-order valence-corrected chi connectivity index (χ4v) is 4.60. The SMILES string of the molecule is O=C1NC(=NCCc2c[nH]c3ccccc23)C(c2ccccc2Cl)N1CCCn1ccnc1. The number of carbonyl (C=O) groups is 1. The summed E-state index contributed by atoms with van der Waals surface area (Å²) in [7, 11) is 0. The number of rotatable bonds is 8. The number of fused-ring (bicyclic) bond motifs is 1. The van der Waals surface area contributed by atoms with Gasteiger partial charge in [-0.2, -0.15) is 0 Å². The lowest BCUT2D eigenvalue weighted by Gasteiger charge is -2.24. The van der Waals surface area contributed by atoms with E-state index in [2.05, 4.69) is 27.4 Å². The van der Waals surface area contributed by atoms with E-state index in [0.29, 0.717) is 23.9 Å². The predicted molar refractivity (Wildman–Crippen MR) is 131 cm³/mol. The molecule has 0 spiro atoms. The zero-order chi connectivity index (χ0) is 22.6. The first-order chi connectivity index (χ1) is 16.2. The van der Waals surface area contributed by atoms with E-state index in [1.807, 2.05) is 58.3 Å². The van der Waals surface area contributed by atoms with E-state index in [-0.39, 0.29) is 12.1 Å². The van der Waals surface area contributed by atoms with Crippen molar-refractivity contribution in [2.24, 2.45) is 4.99 Å². The Labute approximate surface area is 197 Å². The number of imidazole rings is 1. The van der Waals surface area contributed by atoms with Gasteiger partial charge in [0.1, 0.15) is 11.9 Å². The van der Waals surface area contributed by atoms with Crippen molar-refractivity contribution in [1.82, 2.24) is 24.8 Å². The number of carbonyl (C=O) groups excluding carboxylic acids is 1. The maximum Gasteiger partial charge on any atom is 0.323 e. The van der Waals surface area contributed by atoms with Gasteiger partial charge in [-0.25, -0.2) is 9.78 Å². The van der Waals surface area contributed by atoms with Crippen molar-refractivity contribution < 1.29 is 4.79 Å². The Morgan fingerprint density at radius 3 is 2.79 bits per heavy atom. The summed E-state index contributed by atoms with van der Waals surface area (Å²) in [6.07, 6.45) is 9.08. The first kappa shape index (κ1) is 21.3. The Bertz CT molecular complexity index is 1280. The topological polar surface area (TPSA) is 78.3 Å². The second-order valence-electron chi connectivity index (χ2n) is 8.08. The minimum atomic E-state index is -0.322. The molecule has 5 rings (SSSR count). The molecule has 1 unspecified atom stereocenters. The van der Waals surface area contributed by atoms with Gasteiger partial charge >= 0.3 is 6.03 Å². The van der Waals surface area contributed by atoms with Crippen molar-refractivity contribution in [3.63, 3.8) is 0 Å². The van der Waals surface area contributed by atoms with Crippen molar-refractivity contribution in [3.05, 3.63) is 89.6 Å². The van der Waals surface area contributed by atoms with Gasteiger partial charge in [0.15, 0.2) is 0 Å². The minimum absolute atomic E-state index is 0.142. The summed E-state index contributed by atoms with van der Waals surface area (Å²) in [4.78, 5) is 26.9. The lowest BCUT2D eigenvalue weighted by Crippen LogP contribution is -2.31. The molecule has 2 aromatic carbocycles. The molecule has 3 heterocycles. The first-order valence-electron chi connectivity index (χ1n) is 11.1. The quantitative estimate of drug-likeness (QED) is 0.395. The molecule has 168 valence electrons. The molecule has 1 fully saturated rings. The van der Waals surface area contributed by atoms with E-state index < -0.39 is 0 Å². The minimum Gasteiger partial charge on any atom is -0.361 e. The number of nitrogens with one attached hydrogen (secondary N) is 2. The van der Waals surface area contributed by atoms with Crippen LogP contribution in [0.2, 0.25) is 5.02 Å². The van der Waals surface area contributed by atoms with Crippen LogP contribution in [0.15, 0.2) is 78.4 Å². The highest BCUT2D eigenvalue weighted by atomic mass is 35.5. The summed E-state index contributed by atoms with van der Waals surface area (Å²) in [6.45, 7) is 1.94. The smallest absolute Gasteiger partial charge is 0.323 e. The van der Waals surface area contributed by atoms with E-state index >= 15 is 0 Å². The second-order valence-corrected chi connectivity index (χ2v) is 8.49. The number of nitrogens with zero attached hydrogens (tertiary/aromatic N) is 4. The molecule has 7 nitrogen and oxygen atoms in total. The molecule has 0 saturated carbocycles. The third-order valence-electron chi connectivity index (χ3n) is 5.98. The number of benzene rings is 2. The van der Waals surface area contributed by atoms with Crippen LogP contribution in [0.4, 0.5) is 4.79 Å². The van der Waals surface area contributed by atoms with Gasteiger partial charge in [-0.3, -0.25) is 10.3 Å². The number of amidine groups is 1. The number of hydrogen-bond donors (Lipinski definition) is 2. The fraction of sp³-hybridized carbons (Fsp3) is 0.240. The number of H-pyrrole nitrogens is 1. The van der Waals surface area contributed by atoms with Gasteiger partial charge in [0.2, 0.25) is 0 Å². The van der Waals surface area contributed by atoms with Crippen LogP contribution < -0.4 is 5.32 Å². The lowest BCUT2D eigenvalue weighted by molar-refractivity contribution is 0.204. The van der Waals surface area contributed by atoms with Crippen LogP contribution in [-0.4, -0.2) is 44.4 Å². The molecular formula is C25H25ClN6O. The van der Waals surface area contributed by atoms with Gasteiger partial charge in [0.25, 0.3) is 0 Å². The largest absolute Gasteiger partial charge is 0.361 e. The highest BCUT2D eigenvalue weighted by molar-refractivity contribution is 6.31. The molecule has 1 aliphatic rings. The van der Waals surface area contributed by atoms with Gasteiger partial charge in [-0.15, -0.1) is 0 Å². The normalized spacial score (nSPS) is 17.2. The number of urea groups is 1. The van der Waals surface area contributed by atoms with E-state index in [1.54, 1.807) is 12.5 Å². The zero-order valence-electron chi connectivity index (χ0n) is 18.1. The molecule has 2 amide bonds. The van der Waals surface area contributed by atoms with Crippen molar-refractivity contribution in [1.29, 1.82) is 0 Å².